The first-order valence-electron chi connectivity index (χ1n) is 7.94. The summed E-state index contributed by atoms with van der Waals surface area (Å²) in [5.41, 5.74) is 3.80. The number of carbonyl (C=O) groups is 1. The zero-order chi connectivity index (χ0) is 16.7. The lowest BCUT2D eigenvalue weighted by Crippen LogP contribution is -2.19. The second-order valence-electron chi connectivity index (χ2n) is 5.56. The van der Waals surface area contributed by atoms with E-state index in [0.717, 1.165) is 29.1 Å². The van der Waals surface area contributed by atoms with Crippen molar-refractivity contribution in [3.8, 4) is 5.75 Å². The number of nitrogens with one attached hydrogen (secondary N) is 2. The normalized spacial score (nSPS) is 10.2. The van der Waals surface area contributed by atoms with Crippen molar-refractivity contribution in [3.63, 3.8) is 0 Å². The smallest absolute Gasteiger partial charge is 0.323 e. The van der Waals surface area contributed by atoms with Gasteiger partial charge in [-0.3, -0.25) is 0 Å². The number of methoxy groups -OCH3 is 1. The van der Waals surface area contributed by atoms with Crippen LogP contribution in [0.5, 0.6) is 5.75 Å². The molecule has 0 heterocycles. The summed E-state index contributed by atoms with van der Waals surface area (Å²) in [6.45, 7) is 4.11. The lowest BCUT2D eigenvalue weighted by Gasteiger charge is -2.11. The summed E-state index contributed by atoms with van der Waals surface area (Å²) >= 11 is 0. The molecule has 0 aromatic heterocycles. The van der Waals surface area contributed by atoms with E-state index in [1.807, 2.05) is 37.3 Å². The molecule has 0 fully saturated rings. The molecule has 0 unspecified atom stereocenters. The van der Waals surface area contributed by atoms with E-state index in [1.54, 1.807) is 7.11 Å². The molecule has 23 heavy (non-hydrogen) atoms. The molecule has 0 saturated carbocycles. The van der Waals surface area contributed by atoms with E-state index < -0.39 is 0 Å². The largest absolute Gasteiger partial charge is 0.497 e. The Morgan fingerprint density at radius 2 is 1.83 bits per heavy atom. The highest BCUT2D eigenvalue weighted by molar-refractivity contribution is 6.00. The zero-order valence-electron chi connectivity index (χ0n) is 14.0. The number of rotatable bonds is 6. The Morgan fingerprint density at radius 3 is 2.43 bits per heavy atom. The topological polar surface area (TPSA) is 50.4 Å². The zero-order valence-corrected chi connectivity index (χ0v) is 14.0. The standard InChI is InChI=1S/C19H24N2O2/c1-4-5-6-15-7-9-16(10-8-15)20-19(22)21-18-12-11-17(23-3)13-14(18)2/h7-13H,4-6H2,1-3H3,(H2,20,21,22). The van der Waals surface area contributed by atoms with Gasteiger partial charge in [0.2, 0.25) is 0 Å². The van der Waals surface area contributed by atoms with Crippen molar-refractivity contribution in [2.75, 3.05) is 17.7 Å². The van der Waals surface area contributed by atoms with Crippen molar-refractivity contribution >= 4 is 17.4 Å². The monoisotopic (exact) mass is 312 g/mol. The molecule has 2 N–H and O–H groups in total. The van der Waals surface area contributed by atoms with Gasteiger partial charge in [-0.15, -0.1) is 0 Å². The highest BCUT2D eigenvalue weighted by Crippen LogP contribution is 2.21. The number of ether oxygens (including phenoxy) is 1. The van der Waals surface area contributed by atoms with Crippen LogP contribution < -0.4 is 15.4 Å². The van der Waals surface area contributed by atoms with E-state index in [2.05, 4.69) is 29.7 Å². The van der Waals surface area contributed by atoms with Gasteiger partial charge in [0.1, 0.15) is 5.75 Å². The van der Waals surface area contributed by atoms with Crippen molar-refractivity contribution in [2.45, 2.75) is 33.1 Å². The van der Waals surface area contributed by atoms with Crippen molar-refractivity contribution in [1.29, 1.82) is 0 Å². The Hall–Kier alpha value is -2.49. The average molecular weight is 312 g/mol. The van der Waals surface area contributed by atoms with Crippen LogP contribution >= 0.6 is 0 Å². The maximum atomic E-state index is 12.1. The lowest BCUT2D eigenvalue weighted by molar-refractivity contribution is 0.262. The van der Waals surface area contributed by atoms with Gasteiger partial charge in [0, 0.05) is 11.4 Å². The molecule has 0 spiro atoms. The number of carbonyl (C=O) groups excluding carboxylic acids is 1. The third-order valence-corrected chi connectivity index (χ3v) is 3.71. The Balaban J connectivity index is 1.94. The van der Waals surface area contributed by atoms with Gasteiger partial charge < -0.3 is 15.4 Å². The Labute approximate surface area is 137 Å². The molecule has 4 heteroatoms. The first-order valence-corrected chi connectivity index (χ1v) is 7.94. The Bertz CT molecular complexity index is 651. The van der Waals surface area contributed by atoms with E-state index in [0.29, 0.717) is 0 Å². The Morgan fingerprint density at radius 1 is 1.09 bits per heavy atom. The van der Waals surface area contributed by atoms with Crippen LogP contribution in [0.15, 0.2) is 42.5 Å². The van der Waals surface area contributed by atoms with Gasteiger partial charge >= 0.3 is 6.03 Å². The number of hydrogen-bond donors (Lipinski definition) is 2. The molecular weight excluding hydrogens is 288 g/mol. The van der Waals surface area contributed by atoms with Crippen molar-refractivity contribution in [1.82, 2.24) is 0 Å². The van der Waals surface area contributed by atoms with Crippen molar-refractivity contribution in [2.24, 2.45) is 0 Å². The van der Waals surface area contributed by atoms with Gasteiger partial charge in [0.25, 0.3) is 0 Å². The van der Waals surface area contributed by atoms with Crippen LogP contribution in [0.25, 0.3) is 0 Å². The molecule has 122 valence electrons. The average Bonchev–Trinajstić information content (AvgIpc) is 2.56. The molecule has 4 nitrogen and oxygen atoms in total. The summed E-state index contributed by atoms with van der Waals surface area (Å²) in [6.07, 6.45) is 3.45. The van der Waals surface area contributed by atoms with Gasteiger partial charge in [-0.25, -0.2) is 4.79 Å². The second kappa shape index (κ2) is 8.22. The number of amides is 2. The minimum atomic E-state index is -0.250. The van der Waals surface area contributed by atoms with Crippen LogP contribution in [-0.4, -0.2) is 13.1 Å². The molecule has 0 aliphatic rings. The predicted molar refractivity (Wildman–Crippen MR) is 95.4 cm³/mol. The molecule has 2 amide bonds. The van der Waals surface area contributed by atoms with Gasteiger partial charge in [0.05, 0.1) is 7.11 Å². The molecule has 2 aromatic carbocycles. The first-order chi connectivity index (χ1) is 11.1. The van der Waals surface area contributed by atoms with Gasteiger partial charge in [-0.05, 0) is 61.2 Å². The molecule has 2 aromatic rings. The van der Waals surface area contributed by atoms with Crippen LogP contribution in [0.4, 0.5) is 16.2 Å². The maximum absolute atomic E-state index is 12.1. The van der Waals surface area contributed by atoms with Crippen LogP contribution in [0, 0.1) is 6.92 Å². The predicted octanol–water partition coefficient (Wildman–Crippen LogP) is 4.99. The fourth-order valence-electron chi connectivity index (χ4n) is 2.32. The fourth-order valence-corrected chi connectivity index (χ4v) is 2.32. The van der Waals surface area contributed by atoms with Crippen LogP contribution in [0.2, 0.25) is 0 Å². The lowest BCUT2D eigenvalue weighted by atomic mass is 10.1. The summed E-state index contributed by atoms with van der Waals surface area (Å²) in [6, 6.07) is 13.3. The van der Waals surface area contributed by atoms with E-state index in [1.165, 1.54) is 18.4 Å². The van der Waals surface area contributed by atoms with Crippen molar-refractivity contribution < 1.29 is 9.53 Å². The van der Waals surface area contributed by atoms with Crippen LogP contribution in [-0.2, 0) is 6.42 Å². The van der Waals surface area contributed by atoms with E-state index in [-0.39, 0.29) is 6.03 Å². The summed E-state index contributed by atoms with van der Waals surface area (Å²) in [5, 5.41) is 5.70. The van der Waals surface area contributed by atoms with Gasteiger partial charge in [-0.1, -0.05) is 25.5 Å². The van der Waals surface area contributed by atoms with Gasteiger partial charge in [0.15, 0.2) is 0 Å². The number of urea groups is 1. The summed E-state index contributed by atoms with van der Waals surface area (Å²) in [4.78, 5) is 12.1. The number of hydrogen-bond acceptors (Lipinski definition) is 2. The van der Waals surface area contributed by atoms with E-state index >= 15 is 0 Å². The summed E-state index contributed by atoms with van der Waals surface area (Å²) in [7, 11) is 1.62. The first kappa shape index (κ1) is 16.9. The molecule has 0 aliphatic heterocycles. The van der Waals surface area contributed by atoms with E-state index in [4.69, 9.17) is 4.74 Å². The number of unbranched alkanes of at least 4 members (excludes halogenated alkanes) is 1. The quantitative estimate of drug-likeness (QED) is 0.789. The highest BCUT2D eigenvalue weighted by Gasteiger charge is 2.06. The molecule has 0 bridgehead atoms. The third kappa shape index (κ3) is 5.02. The molecule has 0 saturated heterocycles. The SMILES string of the molecule is CCCCc1ccc(NC(=O)Nc2ccc(OC)cc2C)cc1. The van der Waals surface area contributed by atoms with Crippen LogP contribution in [0.3, 0.4) is 0 Å². The minimum absolute atomic E-state index is 0.250. The van der Waals surface area contributed by atoms with Crippen LogP contribution in [0.1, 0.15) is 30.9 Å². The Kier molecular flexibility index (Phi) is 6.03. The number of aryl methyl sites for hydroxylation is 2. The molecule has 0 atom stereocenters. The number of benzene rings is 2. The molecular formula is C19H24N2O2. The molecule has 2 rings (SSSR count). The third-order valence-electron chi connectivity index (χ3n) is 3.71. The summed E-state index contributed by atoms with van der Waals surface area (Å²) < 4.78 is 5.16. The highest BCUT2D eigenvalue weighted by atomic mass is 16.5. The second-order valence-corrected chi connectivity index (χ2v) is 5.56. The molecule has 0 aliphatic carbocycles. The minimum Gasteiger partial charge on any atom is -0.497 e. The number of anilines is 2. The molecule has 0 radical (unpaired) electrons. The maximum Gasteiger partial charge on any atom is 0.323 e. The fraction of sp³-hybridized carbons (Fsp3) is 0.316. The summed E-state index contributed by atoms with van der Waals surface area (Å²) in [5.74, 6) is 0.774. The van der Waals surface area contributed by atoms with E-state index in [9.17, 15) is 4.79 Å². The van der Waals surface area contributed by atoms with Crippen molar-refractivity contribution in [3.05, 3.63) is 53.6 Å². The van der Waals surface area contributed by atoms with Gasteiger partial charge in [-0.2, -0.15) is 0 Å².